The zero-order valence-electron chi connectivity index (χ0n) is 11.4. The smallest absolute Gasteiger partial charge is 0.339 e. The van der Waals surface area contributed by atoms with Gasteiger partial charge in [-0.15, -0.1) is 10.2 Å². The number of rotatable bonds is 6. The molecule has 0 aliphatic carbocycles. The number of aromatic carboxylic acids is 1. The fraction of sp³-hybridized carbons (Fsp3) is 0.308. The first-order chi connectivity index (χ1) is 10.0. The summed E-state index contributed by atoms with van der Waals surface area (Å²) < 4.78 is 15.8. The van der Waals surface area contributed by atoms with Gasteiger partial charge in [0.2, 0.25) is 5.89 Å². The van der Waals surface area contributed by atoms with Gasteiger partial charge in [0.25, 0.3) is 5.89 Å². The van der Waals surface area contributed by atoms with Gasteiger partial charge in [-0.25, -0.2) is 4.79 Å². The average molecular weight is 313 g/mol. The van der Waals surface area contributed by atoms with Crippen molar-refractivity contribution in [2.45, 2.75) is 20.0 Å². The molecule has 0 radical (unpaired) electrons. The van der Waals surface area contributed by atoms with E-state index in [1.165, 1.54) is 19.2 Å². The molecule has 0 saturated carbocycles. The summed E-state index contributed by atoms with van der Waals surface area (Å²) in [5, 5.41) is 17.0. The number of halogens is 1. The zero-order chi connectivity index (χ0) is 15.4. The maximum absolute atomic E-state index is 11.3. The standard InChI is InChI=1S/C13H13ClN2O5/c1-3-10-15-16-11(21-10)6-20-12-8(13(17)18)4-7(14)5-9(12)19-2/h4-5H,3,6H2,1-2H3,(H,17,18). The van der Waals surface area contributed by atoms with Crippen LogP contribution in [0, 0.1) is 0 Å². The van der Waals surface area contributed by atoms with Crippen molar-refractivity contribution in [3.8, 4) is 11.5 Å². The molecule has 1 N–H and O–H groups in total. The highest BCUT2D eigenvalue weighted by molar-refractivity contribution is 6.31. The third kappa shape index (κ3) is 3.43. The largest absolute Gasteiger partial charge is 0.493 e. The first kappa shape index (κ1) is 15.1. The van der Waals surface area contributed by atoms with Crippen molar-refractivity contribution in [3.05, 3.63) is 34.5 Å². The Hall–Kier alpha value is -2.28. The minimum Gasteiger partial charge on any atom is -0.493 e. The number of carboxylic acids is 1. The minimum atomic E-state index is -1.18. The first-order valence-electron chi connectivity index (χ1n) is 6.10. The summed E-state index contributed by atoms with van der Waals surface area (Å²) in [6, 6.07) is 2.75. The Morgan fingerprint density at radius 3 is 2.67 bits per heavy atom. The number of nitrogens with zero attached hydrogens (tertiary/aromatic N) is 2. The Kier molecular flexibility index (Phi) is 4.64. The lowest BCUT2D eigenvalue weighted by atomic mass is 10.2. The van der Waals surface area contributed by atoms with Gasteiger partial charge < -0.3 is 19.0 Å². The van der Waals surface area contributed by atoms with Crippen LogP contribution < -0.4 is 9.47 Å². The lowest BCUT2D eigenvalue weighted by molar-refractivity contribution is 0.0690. The number of benzene rings is 1. The van der Waals surface area contributed by atoms with Crippen molar-refractivity contribution in [1.29, 1.82) is 0 Å². The second kappa shape index (κ2) is 6.45. The second-order valence-electron chi connectivity index (χ2n) is 4.02. The van der Waals surface area contributed by atoms with Crippen molar-refractivity contribution < 1.29 is 23.8 Å². The lowest BCUT2D eigenvalue weighted by Gasteiger charge is -2.12. The fourth-order valence-electron chi connectivity index (χ4n) is 1.65. The van der Waals surface area contributed by atoms with Crippen LogP contribution in [0.4, 0.5) is 0 Å². The quantitative estimate of drug-likeness (QED) is 0.875. The number of methoxy groups -OCH3 is 1. The number of hydrogen-bond acceptors (Lipinski definition) is 6. The first-order valence-corrected chi connectivity index (χ1v) is 6.47. The molecule has 21 heavy (non-hydrogen) atoms. The fourth-order valence-corrected chi connectivity index (χ4v) is 1.86. The molecule has 1 aromatic heterocycles. The van der Waals surface area contributed by atoms with Gasteiger partial charge >= 0.3 is 5.97 Å². The maximum Gasteiger partial charge on any atom is 0.339 e. The molecular weight excluding hydrogens is 300 g/mol. The third-order valence-electron chi connectivity index (χ3n) is 2.62. The molecule has 2 rings (SSSR count). The highest BCUT2D eigenvalue weighted by Gasteiger charge is 2.19. The molecule has 0 amide bonds. The Balaban J connectivity index is 2.27. The summed E-state index contributed by atoms with van der Waals surface area (Å²) >= 11 is 5.84. The van der Waals surface area contributed by atoms with E-state index >= 15 is 0 Å². The van der Waals surface area contributed by atoms with Crippen LogP contribution in [0.1, 0.15) is 29.1 Å². The monoisotopic (exact) mass is 312 g/mol. The minimum absolute atomic E-state index is 0.0608. The Labute approximate surface area is 125 Å². The molecule has 0 saturated heterocycles. The van der Waals surface area contributed by atoms with Crippen LogP contribution in [-0.4, -0.2) is 28.4 Å². The highest BCUT2D eigenvalue weighted by Crippen LogP contribution is 2.35. The van der Waals surface area contributed by atoms with Gasteiger partial charge in [0.1, 0.15) is 5.56 Å². The van der Waals surface area contributed by atoms with Gasteiger partial charge in [0, 0.05) is 17.5 Å². The summed E-state index contributed by atoms with van der Waals surface area (Å²) in [5.74, 6) is -0.165. The topological polar surface area (TPSA) is 94.7 Å². The molecule has 2 aromatic rings. The molecule has 112 valence electrons. The van der Waals surface area contributed by atoms with Crippen LogP contribution in [0.3, 0.4) is 0 Å². The summed E-state index contributed by atoms with van der Waals surface area (Å²) in [6.07, 6.45) is 0.609. The van der Waals surface area contributed by atoms with Gasteiger partial charge in [-0.05, 0) is 6.07 Å². The predicted molar refractivity (Wildman–Crippen MR) is 73.0 cm³/mol. The van der Waals surface area contributed by atoms with Crippen LogP contribution in [0.5, 0.6) is 11.5 Å². The van der Waals surface area contributed by atoms with E-state index in [0.29, 0.717) is 12.3 Å². The molecule has 0 atom stereocenters. The van der Waals surface area contributed by atoms with Crippen LogP contribution in [0.15, 0.2) is 16.5 Å². The molecule has 0 aliphatic rings. The molecule has 0 unspecified atom stereocenters. The molecular formula is C13H13ClN2O5. The maximum atomic E-state index is 11.3. The molecule has 0 fully saturated rings. The van der Waals surface area contributed by atoms with Gasteiger partial charge in [-0.1, -0.05) is 18.5 Å². The zero-order valence-corrected chi connectivity index (χ0v) is 12.2. The van der Waals surface area contributed by atoms with Gasteiger partial charge in [-0.3, -0.25) is 0 Å². The van der Waals surface area contributed by atoms with E-state index in [4.69, 9.17) is 25.5 Å². The number of carboxylic acid groups (broad SMARTS) is 1. The SMILES string of the molecule is CCc1nnc(COc2c(OC)cc(Cl)cc2C(=O)O)o1. The summed E-state index contributed by atoms with van der Waals surface area (Å²) in [5.41, 5.74) is -0.102. The Morgan fingerprint density at radius 1 is 1.38 bits per heavy atom. The highest BCUT2D eigenvalue weighted by atomic mass is 35.5. The molecule has 8 heteroatoms. The third-order valence-corrected chi connectivity index (χ3v) is 2.84. The summed E-state index contributed by atoms with van der Waals surface area (Å²) in [7, 11) is 1.39. The van der Waals surface area contributed by atoms with E-state index in [1.54, 1.807) is 0 Å². The van der Waals surface area contributed by atoms with Crippen molar-refractivity contribution in [3.63, 3.8) is 0 Å². The van der Waals surface area contributed by atoms with Crippen LogP contribution in [0.25, 0.3) is 0 Å². The van der Waals surface area contributed by atoms with Crippen molar-refractivity contribution in [2.24, 2.45) is 0 Å². The lowest BCUT2D eigenvalue weighted by Crippen LogP contribution is -2.05. The van der Waals surface area contributed by atoms with E-state index in [1.807, 2.05) is 6.92 Å². The molecule has 0 aliphatic heterocycles. The van der Waals surface area contributed by atoms with Crippen LogP contribution in [0.2, 0.25) is 5.02 Å². The average Bonchev–Trinajstić information content (AvgIpc) is 2.92. The van der Waals surface area contributed by atoms with Gasteiger partial charge in [-0.2, -0.15) is 0 Å². The predicted octanol–water partition coefficient (Wildman–Crippen LogP) is 2.57. The van der Waals surface area contributed by atoms with Crippen LogP contribution in [-0.2, 0) is 13.0 Å². The van der Waals surface area contributed by atoms with E-state index in [-0.39, 0.29) is 34.6 Å². The molecule has 1 heterocycles. The molecule has 0 spiro atoms. The number of aromatic nitrogens is 2. The number of ether oxygens (including phenoxy) is 2. The number of hydrogen-bond donors (Lipinski definition) is 1. The second-order valence-corrected chi connectivity index (χ2v) is 4.46. The van der Waals surface area contributed by atoms with Crippen molar-refractivity contribution in [2.75, 3.05) is 7.11 Å². The summed E-state index contributed by atoms with van der Waals surface area (Å²) in [4.78, 5) is 11.3. The number of carbonyl (C=O) groups is 1. The van der Waals surface area contributed by atoms with Crippen molar-refractivity contribution >= 4 is 17.6 Å². The summed E-state index contributed by atoms with van der Waals surface area (Å²) in [6.45, 7) is 1.81. The Morgan fingerprint density at radius 2 is 2.10 bits per heavy atom. The van der Waals surface area contributed by atoms with Crippen molar-refractivity contribution in [1.82, 2.24) is 10.2 Å². The van der Waals surface area contributed by atoms with Gasteiger partial charge in [0.05, 0.1) is 7.11 Å². The Bertz CT molecular complexity index is 656. The van der Waals surface area contributed by atoms with E-state index < -0.39 is 5.97 Å². The van der Waals surface area contributed by atoms with E-state index in [0.717, 1.165) is 0 Å². The van der Waals surface area contributed by atoms with E-state index in [2.05, 4.69) is 10.2 Å². The number of aryl methyl sites for hydroxylation is 1. The van der Waals surface area contributed by atoms with Gasteiger partial charge in [0.15, 0.2) is 18.1 Å². The normalized spacial score (nSPS) is 10.4. The molecule has 7 nitrogen and oxygen atoms in total. The van der Waals surface area contributed by atoms with Crippen LogP contribution >= 0.6 is 11.6 Å². The van der Waals surface area contributed by atoms with E-state index in [9.17, 15) is 9.90 Å². The molecule has 1 aromatic carbocycles. The molecule has 0 bridgehead atoms.